The van der Waals surface area contributed by atoms with Crippen LogP contribution in [-0.4, -0.2) is 18.2 Å². The third-order valence-electron chi connectivity index (χ3n) is 3.78. The Morgan fingerprint density at radius 3 is 2.50 bits per heavy atom. The molecule has 3 rings (SSSR count). The molecular weight excluding hydrogens is 294 g/mol. The molecule has 22 heavy (non-hydrogen) atoms. The second-order valence-electron chi connectivity index (χ2n) is 5.26. The quantitative estimate of drug-likeness (QED) is 0.760. The maximum absolute atomic E-state index is 12.3. The lowest BCUT2D eigenvalue weighted by atomic mass is 10.0. The SMILES string of the molecule is CSc1ccc(NC(=O)C2CC(c3ccccc3)NN2)cc1. The number of hydrazine groups is 1. The molecule has 1 fully saturated rings. The third kappa shape index (κ3) is 3.50. The van der Waals surface area contributed by atoms with E-state index in [1.807, 2.05) is 48.7 Å². The van der Waals surface area contributed by atoms with Gasteiger partial charge in [0.2, 0.25) is 5.91 Å². The Bertz CT molecular complexity index is 630. The van der Waals surface area contributed by atoms with Crippen molar-refractivity contribution in [3.8, 4) is 0 Å². The van der Waals surface area contributed by atoms with Gasteiger partial charge in [-0.05, 0) is 42.5 Å². The van der Waals surface area contributed by atoms with Crippen molar-refractivity contribution < 1.29 is 4.79 Å². The Morgan fingerprint density at radius 2 is 1.82 bits per heavy atom. The van der Waals surface area contributed by atoms with Crippen molar-refractivity contribution in [1.82, 2.24) is 10.9 Å². The third-order valence-corrected chi connectivity index (χ3v) is 4.52. The van der Waals surface area contributed by atoms with E-state index in [0.29, 0.717) is 0 Å². The number of carbonyl (C=O) groups excluding carboxylic acids is 1. The summed E-state index contributed by atoms with van der Waals surface area (Å²) in [6, 6.07) is 18.0. The van der Waals surface area contributed by atoms with Gasteiger partial charge in [0.25, 0.3) is 0 Å². The van der Waals surface area contributed by atoms with Gasteiger partial charge in [0.15, 0.2) is 0 Å². The van der Waals surface area contributed by atoms with Crippen molar-refractivity contribution in [2.24, 2.45) is 0 Å². The second-order valence-corrected chi connectivity index (χ2v) is 6.14. The number of rotatable bonds is 4. The van der Waals surface area contributed by atoms with Gasteiger partial charge in [-0.1, -0.05) is 30.3 Å². The minimum atomic E-state index is -0.231. The molecule has 1 aliphatic heterocycles. The molecule has 3 N–H and O–H groups in total. The molecule has 0 saturated carbocycles. The minimum absolute atomic E-state index is 0.0113. The van der Waals surface area contributed by atoms with Gasteiger partial charge in [-0.15, -0.1) is 11.8 Å². The summed E-state index contributed by atoms with van der Waals surface area (Å²) in [7, 11) is 0. The first-order chi connectivity index (χ1) is 10.8. The zero-order valence-corrected chi connectivity index (χ0v) is 13.2. The van der Waals surface area contributed by atoms with Crippen LogP contribution in [0.5, 0.6) is 0 Å². The van der Waals surface area contributed by atoms with Crippen molar-refractivity contribution in [1.29, 1.82) is 0 Å². The van der Waals surface area contributed by atoms with Crippen LogP contribution in [0.25, 0.3) is 0 Å². The molecule has 1 aliphatic rings. The van der Waals surface area contributed by atoms with Crippen molar-refractivity contribution in [2.75, 3.05) is 11.6 Å². The van der Waals surface area contributed by atoms with Gasteiger partial charge in [0.05, 0.1) is 0 Å². The lowest BCUT2D eigenvalue weighted by Crippen LogP contribution is -2.39. The van der Waals surface area contributed by atoms with Crippen LogP contribution >= 0.6 is 11.8 Å². The van der Waals surface area contributed by atoms with E-state index < -0.39 is 0 Å². The number of hydrogen-bond donors (Lipinski definition) is 3. The maximum Gasteiger partial charge on any atom is 0.242 e. The molecule has 1 amide bonds. The summed E-state index contributed by atoms with van der Waals surface area (Å²) < 4.78 is 0. The molecular formula is C17H19N3OS. The highest BCUT2D eigenvalue weighted by molar-refractivity contribution is 7.98. The van der Waals surface area contributed by atoms with Crippen LogP contribution < -0.4 is 16.2 Å². The Labute approximate surface area is 134 Å². The van der Waals surface area contributed by atoms with E-state index in [4.69, 9.17) is 0 Å². The highest BCUT2D eigenvalue weighted by atomic mass is 32.2. The average molecular weight is 313 g/mol. The summed E-state index contributed by atoms with van der Waals surface area (Å²) in [6.45, 7) is 0. The molecule has 4 nitrogen and oxygen atoms in total. The zero-order valence-electron chi connectivity index (χ0n) is 12.4. The predicted octanol–water partition coefficient (Wildman–Crippen LogP) is 2.95. The summed E-state index contributed by atoms with van der Waals surface area (Å²) in [6.07, 6.45) is 2.77. The summed E-state index contributed by atoms with van der Waals surface area (Å²) in [5.74, 6) is -0.0113. The topological polar surface area (TPSA) is 53.2 Å². The monoisotopic (exact) mass is 313 g/mol. The fourth-order valence-electron chi connectivity index (χ4n) is 2.54. The van der Waals surface area contributed by atoms with Crippen molar-refractivity contribution in [3.05, 3.63) is 60.2 Å². The first kappa shape index (κ1) is 15.1. The number of benzene rings is 2. The van der Waals surface area contributed by atoms with E-state index >= 15 is 0 Å². The van der Waals surface area contributed by atoms with E-state index in [-0.39, 0.29) is 18.0 Å². The molecule has 2 aromatic rings. The van der Waals surface area contributed by atoms with Gasteiger partial charge in [-0.25, -0.2) is 10.9 Å². The van der Waals surface area contributed by atoms with Gasteiger partial charge < -0.3 is 5.32 Å². The number of anilines is 1. The number of carbonyl (C=O) groups is 1. The highest BCUT2D eigenvalue weighted by Crippen LogP contribution is 2.23. The standard InChI is InChI=1S/C17H19N3OS/c1-22-14-9-7-13(8-10-14)18-17(21)16-11-15(19-20-16)12-5-3-2-4-6-12/h2-10,15-16,19-20H,11H2,1H3,(H,18,21). The van der Waals surface area contributed by atoms with Crippen molar-refractivity contribution in [3.63, 3.8) is 0 Å². The highest BCUT2D eigenvalue weighted by Gasteiger charge is 2.29. The molecule has 114 valence electrons. The number of amides is 1. The van der Waals surface area contributed by atoms with Crippen LogP contribution in [0.2, 0.25) is 0 Å². The van der Waals surface area contributed by atoms with Crippen molar-refractivity contribution >= 4 is 23.4 Å². The molecule has 0 aliphatic carbocycles. The largest absolute Gasteiger partial charge is 0.325 e. The van der Waals surface area contributed by atoms with E-state index in [0.717, 1.165) is 12.1 Å². The Hall–Kier alpha value is -1.82. The molecule has 5 heteroatoms. The normalized spacial score (nSPS) is 20.8. The van der Waals surface area contributed by atoms with Gasteiger partial charge in [-0.3, -0.25) is 4.79 Å². The Kier molecular flexibility index (Phi) is 4.77. The van der Waals surface area contributed by atoms with Crippen LogP contribution in [0, 0.1) is 0 Å². The lowest BCUT2D eigenvalue weighted by Gasteiger charge is -2.11. The van der Waals surface area contributed by atoms with E-state index in [9.17, 15) is 4.79 Å². The van der Waals surface area contributed by atoms with Crippen LogP contribution in [0.3, 0.4) is 0 Å². The average Bonchev–Trinajstić information content (AvgIpc) is 3.06. The maximum atomic E-state index is 12.3. The zero-order chi connectivity index (χ0) is 15.4. The molecule has 0 spiro atoms. The van der Waals surface area contributed by atoms with Crippen LogP contribution in [0.15, 0.2) is 59.5 Å². The molecule has 2 aromatic carbocycles. The van der Waals surface area contributed by atoms with Gasteiger partial charge in [0, 0.05) is 16.6 Å². The molecule has 0 radical (unpaired) electrons. The van der Waals surface area contributed by atoms with Gasteiger partial charge >= 0.3 is 0 Å². The predicted molar refractivity (Wildman–Crippen MR) is 90.7 cm³/mol. The smallest absolute Gasteiger partial charge is 0.242 e. The minimum Gasteiger partial charge on any atom is -0.325 e. The van der Waals surface area contributed by atoms with E-state index in [1.165, 1.54) is 10.5 Å². The van der Waals surface area contributed by atoms with Crippen LogP contribution in [0.1, 0.15) is 18.0 Å². The molecule has 2 unspecified atom stereocenters. The van der Waals surface area contributed by atoms with E-state index in [2.05, 4.69) is 28.3 Å². The van der Waals surface area contributed by atoms with Gasteiger partial charge in [0.1, 0.15) is 6.04 Å². The number of thioether (sulfide) groups is 1. The number of hydrogen-bond acceptors (Lipinski definition) is 4. The molecule has 0 bridgehead atoms. The number of nitrogens with one attached hydrogen (secondary N) is 3. The molecule has 2 atom stereocenters. The summed E-state index contributed by atoms with van der Waals surface area (Å²) in [5, 5.41) is 2.96. The summed E-state index contributed by atoms with van der Waals surface area (Å²) in [4.78, 5) is 13.5. The molecule has 1 saturated heterocycles. The van der Waals surface area contributed by atoms with Crippen LogP contribution in [-0.2, 0) is 4.79 Å². The Morgan fingerprint density at radius 1 is 1.09 bits per heavy atom. The summed E-state index contributed by atoms with van der Waals surface area (Å²) >= 11 is 1.68. The fraction of sp³-hybridized carbons (Fsp3) is 0.235. The summed E-state index contributed by atoms with van der Waals surface area (Å²) in [5.41, 5.74) is 8.29. The van der Waals surface area contributed by atoms with Gasteiger partial charge in [-0.2, -0.15) is 0 Å². The van der Waals surface area contributed by atoms with E-state index in [1.54, 1.807) is 11.8 Å². The first-order valence-corrected chi connectivity index (χ1v) is 8.49. The lowest BCUT2D eigenvalue weighted by molar-refractivity contribution is -0.117. The Balaban J connectivity index is 1.59. The molecule has 0 aromatic heterocycles. The first-order valence-electron chi connectivity index (χ1n) is 7.27. The van der Waals surface area contributed by atoms with Crippen molar-refractivity contribution in [2.45, 2.75) is 23.4 Å². The second kappa shape index (κ2) is 6.96. The molecule has 1 heterocycles. The van der Waals surface area contributed by atoms with Crippen LogP contribution in [0.4, 0.5) is 5.69 Å². The fourth-order valence-corrected chi connectivity index (χ4v) is 2.94.